The first-order chi connectivity index (χ1) is 18.0. The van der Waals surface area contributed by atoms with Crippen LogP contribution in [0.2, 0.25) is 0 Å². The van der Waals surface area contributed by atoms with E-state index in [0.717, 1.165) is 23.3 Å². The van der Waals surface area contributed by atoms with E-state index in [9.17, 15) is 9.59 Å². The minimum absolute atomic E-state index is 0.204. The predicted octanol–water partition coefficient (Wildman–Crippen LogP) is 6.68. The number of aromatic nitrogens is 3. The van der Waals surface area contributed by atoms with Crippen molar-refractivity contribution in [2.24, 2.45) is 0 Å². The predicted molar refractivity (Wildman–Crippen MR) is 147 cm³/mol. The second kappa shape index (κ2) is 12.1. The van der Waals surface area contributed by atoms with Crippen molar-refractivity contribution in [3.8, 4) is 11.3 Å². The summed E-state index contributed by atoms with van der Waals surface area (Å²) in [5.41, 5.74) is 3.14. The molecular formula is C27H28N6O3S. The number of benzene rings is 2. The van der Waals surface area contributed by atoms with Crippen molar-refractivity contribution in [2.75, 3.05) is 23.1 Å². The summed E-state index contributed by atoms with van der Waals surface area (Å²) in [5, 5.41) is 17.6. The van der Waals surface area contributed by atoms with Crippen LogP contribution in [0.1, 0.15) is 48.0 Å². The summed E-state index contributed by atoms with van der Waals surface area (Å²) in [6.45, 7) is 4.17. The van der Waals surface area contributed by atoms with Gasteiger partial charge in [-0.2, -0.15) is 0 Å². The zero-order chi connectivity index (χ0) is 26.2. The second-order valence-electron chi connectivity index (χ2n) is 8.16. The van der Waals surface area contributed by atoms with Gasteiger partial charge in [0.15, 0.2) is 16.6 Å². The smallest absolute Gasteiger partial charge is 0.357 e. The van der Waals surface area contributed by atoms with Crippen LogP contribution < -0.4 is 16.0 Å². The molecule has 4 rings (SSSR count). The molecule has 0 aliphatic rings. The van der Waals surface area contributed by atoms with Gasteiger partial charge in [0.2, 0.25) is 0 Å². The number of para-hydroxylation sites is 2. The topological polar surface area (TPSA) is 118 Å². The largest absolute Gasteiger partial charge is 0.464 e. The number of rotatable bonds is 9. The molecule has 0 bridgehead atoms. The van der Waals surface area contributed by atoms with Crippen LogP contribution >= 0.6 is 11.3 Å². The normalized spacial score (nSPS) is 10.7. The molecule has 9 nitrogen and oxygen atoms in total. The summed E-state index contributed by atoms with van der Waals surface area (Å²) in [6, 6.07) is 19.9. The summed E-state index contributed by atoms with van der Waals surface area (Å²) in [5.74, 6) is 0.0622. The highest BCUT2D eigenvalue weighted by atomic mass is 32.1. The van der Waals surface area contributed by atoms with Crippen molar-refractivity contribution >= 4 is 45.7 Å². The maximum atomic E-state index is 12.7. The molecule has 0 saturated carbocycles. The minimum Gasteiger partial charge on any atom is -0.464 e. The van der Waals surface area contributed by atoms with Crippen LogP contribution in [0.5, 0.6) is 0 Å². The number of thiazole rings is 1. The van der Waals surface area contributed by atoms with E-state index in [1.807, 2.05) is 48.5 Å². The Hall–Kier alpha value is -4.31. The number of carbonyl (C=O) groups is 2. The maximum absolute atomic E-state index is 12.7. The first-order valence-corrected chi connectivity index (χ1v) is 12.8. The quantitative estimate of drug-likeness (QED) is 0.212. The molecule has 2 aromatic heterocycles. The summed E-state index contributed by atoms with van der Waals surface area (Å²) in [7, 11) is 1.35. The monoisotopic (exact) mass is 516 g/mol. The van der Waals surface area contributed by atoms with Crippen LogP contribution in [0, 0.1) is 0 Å². The van der Waals surface area contributed by atoms with E-state index in [2.05, 4.69) is 45.0 Å². The Balaban J connectivity index is 1.48. The van der Waals surface area contributed by atoms with Gasteiger partial charge in [-0.1, -0.05) is 56.3 Å². The molecule has 0 aliphatic carbocycles. The van der Waals surface area contributed by atoms with E-state index < -0.39 is 12.0 Å². The van der Waals surface area contributed by atoms with Crippen molar-refractivity contribution in [1.29, 1.82) is 0 Å². The Kier molecular flexibility index (Phi) is 8.42. The van der Waals surface area contributed by atoms with E-state index >= 15 is 0 Å². The fourth-order valence-electron chi connectivity index (χ4n) is 3.81. The van der Waals surface area contributed by atoms with Crippen molar-refractivity contribution in [3.63, 3.8) is 0 Å². The summed E-state index contributed by atoms with van der Waals surface area (Å²) in [4.78, 5) is 30.4. The highest BCUT2D eigenvalue weighted by Gasteiger charge is 2.24. The highest BCUT2D eigenvalue weighted by Crippen LogP contribution is 2.36. The van der Waals surface area contributed by atoms with Gasteiger partial charge in [0.05, 0.1) is 24.2 Å². The van der Waals surface area contributed by atoms with E-state index in [1.165, 1.54) is 18.4 Å². The Bertz CT molecular complexity index is 1350. The van der Waals surface area contributed by atoms with Crippen molar-refractivity contribution < 1.29 is 14.3 Å². The third kappa shape index (κ3) is 6.28. The number of hydrogen-bond donors (Lipinski definition) is 3. The molecule has 0 aliphatic heterocycles. The van der Waals surface area contributed by atoms with Crippen molar-refractivity contribution in [3.05, 3.63) is 77.3 Å². The van der Waals surface area contributed by atoms with Crippen LogP contribution in [0.4, 0.5) is 27.1 Å². The Morgan fingerprint density at radius 3 is 2.24 bits per heavy atom. The molecule has 0 spiro atoms. The van der Waals surface area contributed by atoms with Crippen LogP contribution in [-0.2, 0) is 4.74 Å². The number of esters is 1. The Labute approximate surface area is 219 Å². The van der Waals surface area contributed by atoms with Gasteiger partial charge in [-0.25, -0.2) is 14.6 Å². The molecule has 0 saturated heterocycles. The lowest BCUT2D eigenvalue weighted by Crippen LogP contribution is -2.21. The van der Waals surface area contributed by atoms with Crippen molar-refractivity contribution in [2.45, 2.75) is 32.6 Å². The Morgan fingerprint density at radius 2 is 1.59 bits per heavy atom. The first kappa shape index (κ1) is 25.8. The minimum atomic E-state index is -0.469. The number of ether oxygens (including phenoxy) is 1. The van der Waals surface area contributed by atoms with E-state index in [4.69, 9.17) is 4.74 Å². The molecule has 2 aromatic carbocycles. The highest BCUT2D eigenvalue weighted by molar-refractivity contribution is 7.16. The molecule has 0 atom stereocenters. The SMILES string of the molecule is CCC(CC)c1sc(Nc2ccccc2NC(=O)Nc2ccc(-c3ccccc3)nn2)nc1C(=O)OC. The molecule has 2 amide bonds. The van der Waals surface area contributed by atoms with Crippen LogP contribution in [0.3, 0.4) is 0 Å². The lowest BCUT2D eigenvalue weighted by atomic mass is 10.0. The summed E-state index contributed by atoms with van der Waals surface area (Å²) >= 11 is 1.42. The molecule has 4 aromatic rings. The van der Waals surface area contributed by atoms with Gasteiger partial charge < -0.3 is 15.4 Å². The molecular weight excluding hydrogens is 488 g/mol. The molecule has 10 heteroatoms. The third-order valence-electron chi connectivity index (χ3n) is 5.78. The van der Waals surface area contributed by atoms with Crippen molar-refractivity contribution in [1.82, 2.24) is 15.2 Å². The lowest BCUT2D eigenvalue weighted by Gasteiger charge is -2.12. The number of methoxy groups -OCH3 is 1. The molecule has 0 unspecified atom stereocenters. The number of urea groups is 1. The fraction of sp³-hybridized carbons (Fsp3) is 0.222. The average Bonchev–Trinajstić information content (AvgIpc) is 3.34. The number of carbonyl (C=O) groups excluding carboxylic acids is 2. The van der Waals surface area contributed by atoms with E-state index in [-0.39, 0.29) is 5.92 Å². The summed E-state index contributed by atoms with van der Waals surface area (Å²) < 4.78 is 4.95. The zero-order valence-corrected chi connectivity index (χ0v) is 21.6. The lowest BCUT2D eigenvalue weighted by molar-refractivity contribution is 0.0593. The molecule has 0 fully saturated rings. The van der Waals surface area contributed by atoms with Gasteiger partial charge in [0.25, 0.3) is 0 Å². The van der Waals surface area contributed by atoms with Gasteiger partial charge in [-0.15, -0.1) is 21.5 Å². The second-order valence-corrected chi connectivity index (χ2v) is 9.19. The van der Waals surface area contributed by atoms with Gasteiger partial charge in [0.1, 0.15) is 0 Å². The van der Waals surface area contributed by atoms with Gasteiger partial charge in [0, 0.05) is 10.4 Å². The summed E-state index contributed by atoms with van der Waals surface area (Å²) in [6.07, 6.45) is 1.77. The number of anilines is 4. The fourth-order valence-corrected chi connectivity index (χ4v) is 5.04. The van der Waals surface area contributed by atoms with Gasteiger partial charge in [-0.3, -0.25) is 5.32 Å². The molecule has 0 radical (unpaired) electrons. The maximum Gasteiger partial charge on any atom is 0.357 e. The molecule has 190 valence electrons. The zero-order valence-electron chi connectivity index (χ0n) is 20.8. The third-order valence-corrected chi connectivity index (χ3v) is 6.91. The molecule has 2 heterocycles. The molecule has 37 heavy (non-hydrogen) atoms. The average molecular weight is 517 g/mol. The number of hydrogen-bond acceptors (Lipinski definition) is 8. The van der Waals surface area contributed by atoms with E-state index in [0.29, 0.717) is 33.7 Å². The number of amides is 2. The van der Waals surface area contributed by atoms with Crippen LogP contribution in [0.15, 0.2) is 66.7 Å². The standard InChI is InChI=1S/C27H28N6O3S/c1-4-17(5-2)24-23(25(34)36-3)31-27(37-24)29-21-14-10-9-13-20(21)28-26(35)30-22-16-15-19(32-33-22)18-11-7-6-8-12-18/h6-17H,4-5H2,1-3H3,(H,29,31)(H2,28,30,33,35). The first-order valence-electron chi connectivity index (χ1n) is 11.9. The Morgan fingerprint density at radius 1 is 0.892 bits per heavy atom. The van der Waals surface area contributed by atoms with Gasteiger partial charge in [-0.05, 0) is 43.0 Å². The van der Waals surface area contributed by atoms with Crippen LogP contribution in [-0.4, -0.2) is 34.3 Å². The molecule has 3 N–H and O–H groups in total. The van der Waals surface area contributed by atoms with Gasteiger partial charge >= 0.3 is 12.0 Å². The van der Waals surface area contributed by atoms with E-state index in [1.54, 1.807) is 18.2 Å². The van der Waals surface area contributed by atoms with Crippen LogP contribution in [0.25, 0.3) is 11.3 Å². The number of nitrogens with one attached hydrogen (secondary N) is 3. The number of nitrogens with zero attached hydrogens (tertiary/aromatic N) is 3.